The predicted octanol–water partition coefficient (Wildman–Crippen LogP) is 3.43. The van der Waals surface area contributed by atoms with Gasteiger partial charge < -0.3 is 10.3 Å². The zero-order valence-electron chi connectivity index (χ0n) is 13.3. The Labute approximate surface area is 139 Å². The van der Waals surface area contributed by atoms with E-state index in [2.05, 4.69) is 52.3 Å². The van der Waals surface area contributed by atoms with Crippen molar-refractivity contribution in [2.75, 3.05) is 12.3 Å². The SMILES string of the molecule is CCCCNC(=O)CSc1ncnc2c1[nH]c1ccc(C)cc12. The normalized spacial score (nSPS) is 11.2. The summed E-state index contributed by atoms with van der Waals surface area (Å²) < 4.78 is 0. The number of aryl methyl sites for hydroxylation is 1. The number of aromatic nitrogens is 3. The van der Waals surface area contributed by atoms with Crippen molar-refractivity contribution in [3.63, 3.8) is 0 Å². The Morgan fingerprint density at radius 3 is 3.04 bits per heavy atom. The van der Waals surface area contributed by atoms with E-state index in [0.29, 0.717) is 5.75 Å². The summed E-state index contributed by atoms with van der Waals surface area (Å²) in [7, 11) is 0. The first kappa shape index (κ1) is 15.8. The number of hydrogen-bond acceptors (Lipinski definition) is 4. The van der Waals surface area contributed by atoms with Crippen molar-refractivity contribution in [1.29, 1.82) is 0 Å². The second-order valence-corrected chi connectivity index (χ2v) is 6.53. The van der Waals surface area contributed by atoms with Gasteiger partial charge in [-0.2, -0.15) is 0 Å². The minimum Gasteiger partial charge on any atom is -0.355 e. The predicted molar refractivity (Wildman–Crippen MR) is 94.8 cm³/mol. The fraction of sp³-hybridized carbons (Fsp3) is 0.353. The maximum absolute atomic E-state index is 11.9. The van der Waals surface area contributed by atoms with Crippen molar-refractivity contribution in [3.8, 4) is 0 Å². The molecule has 0 fully saturated rings. The van der Waals surface area contributed by atoms with Crippen LogP contribution in [0.25, 0.3) is 21.9 Å². The van der Waals surface area contributed by atoms with Gasteiger partial charge in [-0.1, -0.05) is 36.7 Å². The molecule has 2 N–H and O–H groups in total. The van der Waals surface area contributed by atoms with Crippen LogP contribution in [0, 0.1) is 6.92 Å². The molecule has 0 aliphatic carbocycles. The third-order valence-corrected chi connectivity index (χ3v) is 4.68. The summed E-state index contributed by atoms with van der Waals surface area (Å²) in [5.74, 6) is 0.409. The smallest absolute Gasteiger partial charge is 0.230 e. The van der Waals surface area contributed by atoms with Crippen LogP contribution in [0.1, 0.15) is 25.3 Å². The molecule has 2 aromatic heterocycles. The zero-order chi connectivity index (χ0) is 16.2. The molecule has 3 aromatic rings. The molecule has 0 aliphatic rings. The van der Waals surface area contributed by atoms with Gasteiger partial charge in [-0.25, -0.2) is 9.97 Å². The van der Waals surface area contributed by atoms with E-state index in [1.54, 1.807) is 6.33 Å². The number of nitrogens with one attached hydrogen (secondary N) is 2. The number of carbonyl (C=O) groups is 1. The Morgan fingerprint density at radius 1 is 1.35 bits per heavy atom. The Hall–Kier alpha value is -2.08. The fourth-order valence-electron chi connectivity index (χ4n) is 2.48. The molecular weight excluding hydrogens is 308 g/mol. The molecule has 1 aromatic carbocycles. The highest BCUT2D eigenvalue weighted by atomic mass is 32.2. The molecule has 6 heteroatoms. The minimum absolute atomic E-state index is 0.0437. The van der Waals surface area contributed by atoms with E-state index >= 15 is 0 Å². The summed E-state index contributed by atoms with van der Waals surface area (Å²) in [5, 5.41) is 4.83. The van der Waals surface area contributed by atoms with Crippen LogP contribution >= 0.6 is 11.8 Å². The number of aromatic amines is 1. The van der Waals surface area contributed by atoms with Crippen LogP contribution in [0.2, 0.25) is 0 Å². The zero-order valence-corrected chi connectivity index (χ0v) is 14.2. The van der Waals surface area contributed by atoms with E-state index in [1.165, 1.54) is 17.3 Å². The molecule has 0 unspecified atom stereocenters. The Balaban J connectivity index is 1.81. The highest BCUT2D eigenvalue weighted by Crippen LogP contribution is 2.29. The van der Waals surface area contributed by atoms with Gasteiger partial charge in [-0.3, -0.25) is 4.79 Å². The number of fused-ring (bicyclic) bond motifs is 3. The van der Waals surface area contributed by atoms with Crippen LogP contribution in [-0.2, 0) is 4.79 Å². The lowest BCUT2D eigenvalue weighted by Crippen LogP contribution is -2.26. The number of rotatable bonds is 6. The minimum atomic E-state index is 0.0437. The van der Waals surface area contributed by atoms with E-state index in [-0.39, 0.29) is 5.91 Å². The molecule has 0 saturated carbocycles. The number of hydrogen-bond donors (Lipinski definition) is 2. The van der Waals surface area contributed by atoms with Gasteiger partial charge in [0.05, 0.1) is 11.3 Å². The number of benzene rings is 1. The lowest BCUT2D eigenvalue weighted by atomic mass is 10.2. The van der Waals surface area contributed by atoms with Crippen molar-refractivity contribution in [2.45, 2.75) is 31.7 Å². The molecular formula is C17H20N4OS. The second kappa shape index (κ2) is 7.00. The van der Waals surface area contributed by atoms with Gasteiger partial charge in [-0.05, 0) is 25.5 Å². The van der Waals surface area contributed by atoms with Gasteiger partial charge in [0.2, 0.25) is 5.91 Å². The average molecular weight is 328 g/mol. The third kappa shape index (κ3) is 3.47. The standard InChI is InChI=1S/C17H20N4OS/c1-3-4-7-18-14(22)9-23-17-16-15(19-10-20-17)12-8-11(2)5-6-13(12)21-16/h5-6,8,10,21H,3-4,7,9H2,1-2H3,(H,18,22). The van der Waals surface area contributed by atoms with Gasteiger partial charge in [0.15, 0.2) is 0 Å². The number of amides is 1. The van der Waals surface area contributed by atoms with Crippen molar-refractivity contribution in [1.82, 2.24) is 20.3 Å². The molecule has 0 saturated heterocycles. The van der Waals surface area contributed by atoms with Gasteiger partial charge in [-0.15, -0.1) is 0 Å². The monoisotopic (exact) mass is 328 g/mol. The van der Waals surface area contributed by atoms with E-state index in [0.717, 1.165) is 46.3 Å². The fourth-order valence-corrected chi connectivity index (χ4v) is 3.27. The van der Waals surface area contributed by atoms with Crippen LogP contribution in [0.3, 0.4) is 0 Å². The summed E-state index contributed by atoms with van der Waals surface area (Å²) in [5.41, 5.74) is 4.05. The van der Waals surface area contributed by atoms with Crippen molar-refractivity contribution < 1.29 is 4.79 Å². The maximum Gasteiger partial charge on any atom is 0.230 e. The average Bonchev–Trinajstić information content (AvgIpc) is 2.92. The molecule has 0 spiro atoms. The van der Waals surface area contributed by atoms with Crippen molar-refractivity contribution in [2.24, 2.45) is 0 Å². The largest absolute Gasteiger partial charge is 0.355 e. The number of unbranched alkanes of at least 4 members (excludes halogenated alkanes) is 1. The van der Waals surface area contributed by atoms with Gasteiger partial charge >= 0.3 is 0 Å². The summed E-state index contributed by atoms with van der Waals surface area (Å²) >= 11 is 1.44. The topological polar surface area (TPSA) is 70.7 Å². The number of H-pyrrole nitrogens is 1. The lowest BCUT2D eigenvalue weighted by molar-refractivity contribution is -0.118. The number of nitrogens with zero attached hydrogens (tertiary/aromatic N) is 2. The highest BCUT2D eigenvalue weighted by Gasteiger charge is 2.12. The molecule has 5 nitrogen and oxygen atoms in total. The van der Waals surface area contributed by atoms with E-state index in [1.807, 2.05) is 0 Å². The first-order valence-corrected chi connectivity index (χ1v) is 8.80. The molecule has 120 valence electrons. The van der Waals surface area contributed by atoms with Crippen LogP contribution < -0.4 is 5.32 Å². The van der Waals surface area contributed by atoms with Crippen molar-refractivity contribution >= 4 is 39.6 Å². The quantitative estimate of drug-likeness (QED) is 0.413. The Morgan fingerprint density at radius 2 is 2.22 bits per heavy atom. The van der Waals surface area contributed by atoms with E-state index in [4.69, 9.17) is 0 Å². The van der Waals surface area contributed by atoms with Crippen LogP contribution in [0.5, 0.6) is 0 Å². The number of thioether (sulfide) groups is 1. The highest BCUT2D eigenvalue weighted by molar-refractivity contribution is 8.00. The van der Waals surface area contributed by atoms with Gasteiger partial charge in [0, 0.05) is 17.4 Å². The first-order chi connectivity index (χ1) is 11.2. The third-order valence-electron chi connectivity index (χ3n) is 3.69. The van der Waals surface area contributed by atoms with Crippen LogP contribution in [-0.4, -0.2) is 33.2 Å². The molecule has 0 bridgehead atoms. The van der Waals surface area contributed by atoms with Crippen LogP contribution in [0.4, 0.5) is 0 Å². The Kier molecular flexibility index (Phi) is 4.81. The molecule has 2 heterocycles. The van der Waals surface area contributed by atoms with Gasteiger partial charge in [0.25, 0.3) is 0 Å². The molecule has 0 aliphatic heterocycles. The van der Waals surface area contributed by atoms with Crippen molar-refractivity contribution in [3.05, 3.63) is 30.1 Å². The van der Waals surface area contributed by atoms with E-state index in [9.17, 15) is 4.79 Å². The maximum atomic E-state index is 11.9. The summed E-state index contributed by atoms with van der Waals surface area (Å²) in [4.78, 5) is 24.0. The summed E-state index contributed by atoms with van der Waals surface area (Å²) in [6.07, 6.45) is 3.65. The Bertz CT molecular complexity index is 843. The molecule has 23 heavy (non-hydrogen) atoms. The summed E-state index contributed by atoms with van der Waals surface area (Å²) in [6.45, 7) is 4.91. The molecule has 1 amide bonds. The van der Waals surface area contributed by atoms with E-state index < -0.39 is 0 Å². The summed E-state index contributed by atoms with van der Waals surface area (Å²) in [6, 6.07) is 6.24. The molecule has 3 rings (SSSR count). The van der Waals surface area contributed by atoms with Gasteiger partial charge in [0.1, 0.15) is 16.9 Å². The molecule has 0 radical (unpaired) electrons. The first-order valence-electron chi connectivity index (χ1n) is 7.81. The molecule has 0 atom stereocenters. The lowest BCUT2D eigenvalue weighted by Gasteiger charge is -2.04. The van der Waals surface area contributed by atoms with Crippen LogP contribution in [0.15, 0.2) is 29.6 Å². The number of carbonyl (C=O) groups excluding carboxylic acids is 1. The second-order valence-electron chi connectivity index (χ2n) is 5.57.